The zero-order valence-corrected chi connectivity index (χ0v) is 15.0. The summed E-state index contributed by atoms with van der Waals surface area (Å²) in [5.74, 6) is -0.350. The molecule has 0 aliphatic heterocycles. The van der Waals surface area contributed by atoms with Crippen LogP contribution in [0.25, 0.3) is 0 Å². The SMILES string of the molecule is CN(C)Cc1ccccc1CN(C)C(=O)[C@@H](O)c1cccc(Cl)c1. The molecule has 2 aromatic carbocycles. The van der Waals surface area contributed by atoms with E-state index in [1.807, 2.05) is 32.3 Å². The summed E-state index contributed by atoms with van der Waals surface area (Å²) in [6, 6.07) is 14.8. The van der Waals surface area contributed by atoms with Crippen molar-refractivity contribution in [1.29, 1.82) is 0 Å². The molecule has 5 heteroatoms. The molecule has 0 unspecified atom stereocenters. The standard InChI is InChI=1S/C19H23ClN2O2/c1-21(2)12-15-7-4-5-8-16(15)13-22(3)19(24)18(23)14-9-6-10-17(20)11-14/h4-11,18,23H,12-13H2,1-3H3/t18-/m0/s1. The average Bonchev–Trinajstić information content (AvgIpc) is 2.54. The highest BCUT2D eigenvalue weighted by Crippen LogP contribution is 2.21. The van der Waals surface area contributed by atoms with Crippen LogP contribution >= 0.6 is 11.6 Å². The predicted molar refractivity (Wildman–Crippen MR) is 96.7 cm³/mol. The van der Waals surface area contributed by atoms with Crippen LogP contribution in [-0.2, 0) is 17.9 Å². The lowest BCUT2D eigenvalue weighted by molar-refractivity contribution is -0.139. The van der Waals surface area contributed by atoms with Crippen molar-refractivity contribution in [3.05, 3.63) is 70.2 Å². The van der Waals surface area contributed by atoms with Crippen LogP contribution in [0.4, 0.5) is 0 Å². The molecular formula is C19H23ClN2O2. The van der Waals surface area contributed by atoms with Crippen molar-refractivity contribution >= 4 is 17.5 Å². The molecule has 1 atom stereocenters. The molecule has 0 aliphatic carbocycles. The molecule has 0 saturated carbocycles. The highest BCUT2D eigenvalue weighted by molar-refractivity contribution is 6.30. The Kier molecular flexibility index (Phi) is 6.37. The fourth-order valence-corrected chi connectivity index (χ4v) is 2.77. The Labute approximate surface area is 148 Å². The van der Waals surface area contributed by atoms with Gasteiger partial charge in [-0.2, -0.15) is 0 Å². The highest BCUT2D eigenvalue weighted by atomic mass is 35.5. The van der Waals surface area contributed by atoms with Gasteiger partial charge in [-0.05, 0) is 42.9 Å². The Bertz CT molecular complexity index is 703. The number of rotatable bonds is 6. The summed E-state index contributed by atoms with van der Waals surface area (Å²) in [5, 5.41) is 10.8. The van der Waals surface area contributed by atoms with E-state index in [0.717, 1.165) is 12.1 Å². The topological polar surface area (TPSA) is 43.8 Å². The molecule has 2 rings (SSSR count). The Balaban J connectivity index is 2.12. The molecular weight excluding hydrogens is 324 g/mol. The van der Waals surface area contributed by atoms with Gasteiger partial charge in [0.2, 0.25) is 0 Å². The molecule has 0 fully saturated rings. The van der Waals surface area contributed by atoms with Crippen LogP contribution in [0.15, 0.2) is 48.5 Å². The third-order valence-electron chi connectivity index (χ3n) is 3.79. The molecule has 4 nitrogen and oxygen atoms in total. The number of aliphatic hydroxyl groups is 1. The number of hydrogen-bond acceptors (Lipinski definition) is 3. The van der Waals surface area contributed by atoms with E-state index in [2.05, 4.69) is 11.0 Å². The van der Waals surface area contributed by atoms with Gasteiger partial charge >= 0.3 is 0 Å². The third kappa shape index (κ3) is 4.81. The largest absolute Gasteiger partial charge is 0.378 e. The molecule has 128 valence electrons. The summed E-state index contributed by atoms with van der Waals surface area (Å²) >= 11 is 5.93. The minimum absolute atomic E-state index is 0.350. The number of carbonyl (C=O) groups is 1. The summed E-state index contributed by atoms with van der Waals surface area (Å²) in [4.78, 5) is 16.1. The normalized spacial score (nSPS) is 12.2. The molecule has 0 aromatic heterocycles. The molecule has 24 heavy (non-hydrogen) atoms. The monoisotopic (exact) mass is 346 g/mol. The second-order valence-corrected chi connectivity index (χ2v) is 6.59. The number of nitrogens with zero attached hydrogens (tertiary/aromatic N) is 2. The van der Waals surface area contributed by atoms with Gasteiger partial charge in [0, 0.05) is 25.2 Å². The number of benzene rings is 2. The van der Waals surface area contributed by atoms with Crippen LogP contribution in [-0.4, -0.2) is 42.0 Å². The minimum atomic E-state index is -1.21. The van der Waals surface area contributed by atoms with Crippen LogP contribution < -0.4 is 0 Å². The zero-order valence-electron chi connectivity index (χ0n) is 14.2. The fraction of sp³-hybridized carbons (Fsp3) is 0.316. The van der Waals surface area contributed by atoms with Gasteiger partial charge in [-0.15, -0.1) is 0 Å². The van der Waals surface area contributed by atoms with Crippen molar-refractivity contribution in [2.24, 2.45) is 0 Å². The van der Waals surface area contributed by atoms with Crippen molar-refractivity contribution in [1.82, 2.24) is 9.80 Å². The first-order valence-electron chi connectivity index (χ1n) is 7.78. The minimum Gasteiger partial charge on any atom is -0.378 e. The second-order valence-electron chi connectivity index (χ2n) is 6.16. The molecule has 0 aliphatic rings. The second kappa shape index (κ2) is 8.29. The van der Waals surface area contributed by atoms with Gasteiger partial charge in [-0.1, -0.05) is 48.0 Å². The molecule has 2 aromatic rings. The van der Waals surface area contributed by atoms with Crippen molar-refractivity contribution in [2.45, 2.75) is 19.2 Å². The fourth-order valence-electron chi connectivity index (χ4n) is 2.57. The number of carbonyl (C=O) groups excluding carboxylic acids is 1. The number of hydrogen-bond donors (Lipinski definition) is 1. The summed E-state index contributed by atoms with van der Waals surface area (Å²) < 4.78 is 0. The van der Waals surface area contributed by atoms with Crippen LogP contribution in [0.2, 0.25) is 5.02 Å². The highest BCUT2D eigenvalue weighted by Gasteiger charge is 2.22. The maximum Gasteiger partial charge on any atom is 0.256 e. The maximum absolute atomic E-state index is 12.5. The van der Waals surface area contributed by atoms with Gasteiger partial charge in [0.25, 0.3) is 5.91 Å². The Morgan fingerprint density at radius 2 is 1.67 bits per heavy atom. The van der Waals surface area contributed by atoms with Crippen LogP contribution in [0, 0.1) is 0 Å². The van der Waals surface area contributed by atoms with Crippen molar-refractivity contribution in [3.63, 3.8) is 0 Å². The summed E-state index contributed by atoms with van der Waals surface area (Å²) in [5.41, 5.74) is 2.74. The quantitative estimate of drug-likeness (QED) is 0.874. The first kappa shape index (κ1) is 18.5. The van der Waals surface area contributed by atoms with Crippen LogP contribution in [0.1, 0.15) is 22.8 Å². The van der Waals surface area contributed by atoms with Crippen molar-refractivity contribution < 1.29 is 9.90 Å². The Morgan fingerprint density at radius 1 is 1.04 bits per heavy atom. The Hall–Kier alpha value is -1.88. The number of amides is 1. The summed E-state index contributed by atoms with van der Waals surface area (Å²) in [6.45, 7) is 1.25. The first-order chi connectivity index (χ1) is 11.4. The van der Waals surface area contributed by atoms with Gasteiger partial charge in [0.1, 0.15) is 0 Å². The van der Waals surface area contributed by atoms with E-state index in [1.165, 1.54) is 5.56 Å². The van der Waals surface area contributed by atoms with Gasteiger partial charge in [0.15, 0.2) is 6.10 Å². The number of aliphatic hydroxyl groups excluding tert-OH is 1. The van der Waals surface area contributed by atoms with Gasteiger partial charge in [-0.3, -0.25) is 4.79 Å². The van der Waals surface area contributed by atoms with Gasteiger partial charge in [0.05, 0.1) is 0 Å². The van der Waals surface area contributed by atoms with E-state index in [0.29, 0.717) is 17.1 Å². The van der Waals surface area contributed by atoms with Crippen molar-refractivity contribution in [3.8, 4) is 0 Å². The average molecular weight is 347 g/mol. The van der Waals surface area contributed by atoms with E-state index in [-0.39, 0.29) is 5.91 Å². The predicted octanol–water partition coefficient (Wildman–Crippen LogP) is 3.09. The van der Waals surface area contributed by atoms with Crippen molar-refractivity contribution in [2.75, 3.05) is 21.1 Å². The molecule has 1 N–H and O–H groups in total. The summed E-state index contributed by atoms with van der Waals surface area (Å²) in [6.07, 6.45) is -1.21. The molecule has 0 bridgehead atoms. The molecule has 0 spiro atoms. The molecule has 1 amide bonds. The molecule has 0 saturated heterocycles. The van der Waals surface area contributed by atoms with Crippen LogP contribution in [0.5, 0.6) is 0 Å². The zero-order chi connectivity index (χ0) is 17.7. The molecule has 0 heterocycles. The summed E-state index contributed by atoms with van der Waals surface area (Å²) in [7, 11) is 5.71. The van der Waals surface area contributed by atoms with E-state index in [9.17, 15) is 9.90 Å². The lowest BCUT2D eigenvalue weighted by Gasteiger charge is -2.23. The smallest absolute Gasteiger partial charge is 0.256 e. The van der Waals surface area contributed by atoms with E-state index < -0.39 is 6.10 Å². The van der Waals surface area contributed by atoms with Gasteiger partial charge in [-0.25, -0.2) is 0 Å². The van der Waals surface area contributed by atoms with E-state index in [1.54, 1.807) is 36.2 Å². The first-order valence-corrected chi connectivity index (χ1v) is 8.16. The van der Waals surface area contributed by atoms with Crippen LogP contribution in [0.3, 0.4) is 0 Å². The van der Waals surface area contributed by atoms with E-state index >= 15 is 0 Å². The third-order valence-corrected chi connectivity index (χ3v) is 4.02. The maximum atomic E-state index is 12.5. The van der Waals surface area contributed by atoms with E-state index in [4.69, 9.17) is 11.6 Å². The number of halogens is 1. The lowest BCUT2D eigenvalue weighted by atomic mass is 10.1. The number of likely N-dealkylation sites (N-methyl/N-ethyl adjacent to an activating group) is 1. The lowest BCUT2D eigenvalue weighted by Crippen LogP contribution is -2.31. The Morgan fingerprint density at radius 3 is 2.25 bits per heavy atom. The molecule has 0 radical (unpaired) electrons. The van der Waals surface area contributed by atoms with Gasteiger partial charge < -0.3 is 14.9 Å².